The van der Waals surface area contributed by atoms with Crippen LogP contribution in [0.5, 0.6) is 0 Å². The monoisotopic (exact) mass is 355 g/mol. The average molecular weight is 356 g/mol. The summed E-state index contributed by atoms with van der Waals surface area (Å²) in [6, 6.07) is 9.48. The summed E-state index contributed by atoms with van der Waals surface area (Å²) in [7, 11) is 0. The van der Waals surface area contributed by atoms with Crippen LogP contribution in [-0.4, -0.2) is 51.9 Å². The molecule has 0 bridgehead atoms. The molecule has 0 aliphatic carbocycles. The van der Waals surface area contributed by atoms with Crippen molar-refractivity contribution in [2.24, 2.45) is 0 Å². The molecule has 1 aliphatic rings. The van der Waals surface area contributed by atoms with Crippen molar-refractivity contribution in [2.75, 3.05) is 31.1 Å². The lowest BCUT2D eigenvalue weighted by Gasteiger charge is -2.35. The Balaban J connectivity index is 1.48. The number of amides is 1. The molecule has 0 saturated carbocycles. The minimum absolute atomic E-state index is 0.00536. The third kappa shape index (κ3) is 3.05. The molecule has 1 aliphatic heterocycles. The molecule has 6 nitrogen and oxygen atoms in total. The summed E-state index contributed by atoms with van der Waals surface area (Å²) in [6.07, 6.45) is 1.58. The minimum Gasteiger partial charge on any atom is -0.353 e. The fourth-order valence-corrected chi connectivity index (χ4v) is 3.39. The Morgan fingerprint density at radius 3 is 2.68 bits per heavy atom. The molecule has 1 fully saturated rings. The zero-order valence-electron chi connectivity index (χ0n) is 13.9. The number of H-pyrrole nitrogens is 1. The number of carbonyl (C=O) groups excluding carboxylic acids is 1. The first-order valence-electron chi connectivity index (χ1n) is 8.22. The van der Waals surface area contributed by atoms with Crippen LogP contribution in [0, 0.1) is 6.92 Å². The van der Waals surface area contributed by atoms with Crippen LogP contribution < -0.4 is 4.90 Å². The Kier molecular flexibility index (Phi) is 4.05. The number of anilines is 1. The zero-order valence-corrected chi connectivity index (χ0v) is 14.6. The van der Waals surface area contributed by atoms with E-state index in [1.807, 2.05) is 42.2 Å². The number of aromatic amines is 1. The van der Waals surface area contributed by atoms with Crippen molar-refractivity contribution < 1.29 is 4.79 Å². The predicted octanol–water partition coefficient (Wildman–Crippen LogP) is 2.88. The van der Waals surface area contributed by atoms with Gasteiger partial charge in [-0.15, -0.1) is 0 Å². The molecule has 7 heteroatoms. The van der Waals surface area contributed by atoms with Gasteiger partial charge in [0.25, 0.3) is 5.91 Å². The first-order valence-corrected chi connectivity index (χ1v) is 8.60. The Hall–Kier alpha value is -2.60. The topological polar surface area (TPSA) is 65.1 Å². The third-order valence-electron chi connectivity index (χ3n) is 4.52. The van der Waals surface area contributed by atoms with Crippen molar-refractivity contribution in [2.45, 2.75) is 6.92 Å². The van der Waals surface area contributed by atoms with Gasteiger partial charge in [-0.05, 0) is 19.1 Å². The van der Waals surface area contributed by atoms with E-state index in [4.69, 9.17) is 11.6 Å². The molecule has 128 valence electrons. The second-order valence-electron chi connectivity index (χ2n) is 6.18. The van der Waals surface area contributed by atoms with E-state index in [0.29, 0.717) is 23.8 Å². The summed E-state index contributed by atoms with van der Waals surface area (Å²) in [5, 5.41) is 1.58. The molecular weight excluding hydrogens is 338 g/mol. The van der Waals surface area contributed by atoms with Crippen molar-refractivity contribution in [1.82, 2.24) is 19.9 Å². The average Bonchev–Trinajstić information content (AvgIpc) is 3.07. The predicted molar refractivity (Wildman–Crippen MR) is 98.2 cm³/mol. The van der Waals surface area contributed by atoms with E-state index >= 15 is 0 Å². The van der Waals surface area contributed by atoms with Crippen molar-refractivity contribution in [3.8, 4) is 0 Å². The van der Waals surface area contributed by atoms with E-state index in [1.54, 1.807) is 6.33 Å². The molecule has 1 amide bonds. The second kappa shape index (κ2) is 6.37. The van der Waals surface area contributed by atoms with Crippen LogP contribution >= 0.6 is 11.6 Å². The van der Waals surface area contributed by atoms with Gasteiger partial charge in [-0.3, -0.25) is 4.79 Å². The number of para-hydroxylation sites is 1. The number of fused-ring (bicyclic) bond motifs is 1. The van der Waals surface area contributed by atoms with Crippen molar-refractivity contribution in [1.29, 1.82) is 0 Å². The van der Waals surface area contributed by atoms with E-state index in [-0.39, 0.29) is 5.91 Å². The Morgan fingerprint density at radius 1 is 1.16 bits per heavy atom. The van der Waals surface area contributed by atoms with Crippen molar-refractivity contribution in [3.05, 3.63) is 53.1 Å². The van der Waals surface area contributed by atoms with E-state index in [0.717, 1.165) is 35.5 Å². The van der Waals surface area contributed by atoms with Crippen LogP contribution in [0.2, 0.25) is 5.02 Å². The van der Waals surface area contributed by atoms with E-state index in [9.17, 15) is 4.79 Å². The van der Waals surface area contributed by atoms with Gasteiger partial charge < -0.3 is 14.8 Å². The fraction of sp³-hybridized carbons (Fsp3) is 0.278. The normalized spacial score (nSPS) is 15.0. The fourth-order valence-electron chi connectivity index (χ4n) is 3.16. The maximum atomic E-state index is 12.8. The van der Waals surface area contributed by atoms with Gasteiger partial charge in [0.2, 0.25) is 0 Å². The molecule has 25 heavy (non-hydrogen) atoms. The summed E-state index contributed by atoms with van der Waals surface area (Å²) < 4.78 is 0. The number of nitrogens with zero attached hydrogens (tertiary/aromatic N) is 4. The summed E-state index contributed by atoms with van der Waals surface area (Å²) in [4.78, 5) is 28.4. The first kappa shape index (κ1) is 15.9. The second-order valence-corrected chi connectivity index (χ2v) is 6.59. The number of aryl methyl sites for hydroxylation is 1. The minimum atomic E-state index is 0.00536. The summed E-state index contributed by atoms with van der Waals surface area (Å²) in [5.74, 6) is 0.919. The zero-order chi connectivity index (χ0) is 17.4. The number of benzene rings is 1. The van der Waals surface area contributed by atoms with Crippen LogP contribution in [0.1, 0.15) is 16.2 Å². The van der Waals surface area contributed by atoms with Gasteiger partial charge in [0.15, 0.2) is 0 Å². The smallest absolute Gasteiger partial charge is 0.270 e. The van der Waals surface area contributed by atoms with Gasteiger partial charge in [0.05, 0.1) is 10.5 Å². The lowest BCUT2D eigenvalue weighted by atomic mass is 10.2. The maximum absolute atomic E-state index is 12.8. The number of aromatic nitrogens is 3. The van der Waals surface area contributed by atoms with E-state index < -0.39 is 0 Å². The van der Waals surface area contributed by atoms with Gasteiger partial charge in [0.1, 0.15) is 17.8 Å². The highest BCUT2D eigenvalue weighted by atomic mass is 35.5. The van der Waals surface area contributed by atoms with E-state index in [1.165, 1.54) is 0 Å². The standard InChI is InChI=1S/C18H18ClN5O/c1-12-9-16(21-11-20-12)23-5-7-24(8-6-23)18(25)15-10-13-3-2-4-14(19)17(13)22-15/h2-4,9-11,22H,5-8H2,1H3. The molecule has 1 N–H and O–H groups in total. The van der Waals surface area contributed by atoms with Crippen LogP contribution in [0.25, 0.3) is 10.9 Å². The maximum Gasteiger partial charge on any atom is 0.270 e. The number of hydrogen-bond donors (Lipinski definition) is 1. The molecule has 1 aromatic carbocycles. The largest absolute Gasteiger partial charge is 0.353 e. The van der Waals surface area contributed by atoms with Gasteiger partial charge in [0, 0.05) is 43.3 Å². The van der Waals surface area contributed by atoms with Crippen LogP contribution in [0.3, 0.4) is 0 Å². The molecule has 2 aromatic heterocycles. The highest BCUT2D eigenvalue weighted by Gasteiger charge is 2.24. The number of hydrogen-bond acceptors (Lipinski definition) is 4. The van der Waals surface area contributed by atoms with Crippen LogP contribution in [0.4, 0.5) is 5.82 Å². The number of carbonyl (C=O) groups is 1. The third-order valence-corrected chi connectivity index (χ3v) is 4.83. The van der Waals surface area contributed by atoms with Gasteiger partial charge in [-0.2, -0.15) is 0 Å². The van der Waals surface area contributed by atoms with Gasteiger partial charge >= 0.3 is 0 Å². The lowest BCUT2D eigenvalue weighted by Crippen LogP contribution is -2.49. The summed E-state index contributed by atoms with van der Waals surface area (Å²) in [5.41, 5.74) is 2.33. The Bertz CT molecular complexity index is 930. The van der Waals surface area contributed by atoms with Crippen molar-refractivity contribution in [3.63, 3.8) is 0 Å². The van der Waals surface area contributed by atoms with E-state index in [2.05, 4.69) is 19.9 Å². The summed E-state index contributed by atoms with van der Waals surface area (Å²) >= 11 is 6.19. The number of halogens is 1. The molecular formula is C18H18ClN5O. The lowest BCUT2D eigenvalue weighted by molar-refractivity contribution is 0.0741. The SMILES string of the molecule is Cc1cc(N2CCN(C(=O)c3cc4cccc(Cl)c4[nH]3)CC2)ncn1. The number of rotatable bonds is 2. The molecule has 3 heterocycles. The highest BCUT2D eigenvalue weighted by molar-refractivity contribution is 6.35. The summed E-state index contributed by atoms with van der Waals surface area (Å²) in [6.45, 7) is 4.77. The number of piperazine rings is 1. The van der Waals surface area contributed by atoms with Gasteiger partial charge in [-0.1, -0.05) is 23.7 Å². The molecule has 0 spiro atoms. The Labute approximate surface area is 150 Å². The molecule has 0 unspecified atom stereocenters. The van der Waals surface area contributed by atoms with Crippen LogP contribution in [-0.2, 0) is 0 Å². The molecule has 4 rings (SSSR count). The molecule has 1 saturated heterocycles. The van der Waals surface area contributed by atoms with Crippen molar-refractivity contribution >= 4 is 34.2 Å². The number of nitrogens with one attached hydrogen (secondary N) is 1. The highest BCUT2D eigenvalue weighted by Crippen LogP contribution is 2.24. The molecule has 3 aromatic rings. The Morgan fingerprint density at radius 2 is 1.96 bits per heavy atom. The van der Waals surface area contributed by atoms with Crippen LogP contribution in [0.15, 0.2) is 36.7 Å². The molecule has 0 radical (unpaired) electrons. The quantitative estimate of drug-likeness (QED) is 0.767. The van der Waals surface area contributed by atoms with Gasteiger partial charge in [-0.25, -0.2) is 9.97 Å². The first-order chi connectivity index (χ1) is 12.1. The molecule has 0 atom stereocenters.